The van der Waals surface area contributed by atoms with E-state index in [1.165, 1.54) is 11.1 Å². The Hall–Kier alpha value is -1.31. The summed E-state index contributed by atoms with van der Waals surface area (Å²) in [6.07, 6.45) is 2.89. The standard InChI is InChI=1S/C14H19O2/c1-4-5-6-14(16-10-15)13-8-7-11(2)9-12(13)3/h7-9,14H,4-6H2,1-3H3. The molecule has 0 aromatic heterocycles. The van der Waals surface area contributed by atoms with Crippen molar-refractivity contribution in [2.24, 2.45) is 0 Å². The zero-order valence-corrected chi connectivity index (χ0v) is 10.2. The normalized spacial score (nSPS) is 12.2. The first-order valence-electron chi connectivity index (χ1n) is 5.79. The van der Waals surface area contributed by atoms with Crippen LogP contribution in [0.2, 0.25) is 0 Å². The van der Waals surface area contributed by atoms with Gasteiger partial charge in [-0.2, -0.15) is 0 Å². The molecule has 0 saturated carbocycles. The molecule has 0 heterocycles. The Labute approximate surface area is 97.6 Å². The van der Waals surface area contributed by atoms with Crippen LogP contribution in [0.5, 0.6) is 0 Å². The summed E-state index contributed by atoms with van der Waals surface area (Å²) < 4.78 is 5.05. The maximum Gasteiger partial charge on any atom is 0.418 e. The van der Waals surface area contributed by atoms with Gasteiger partial charge in [-0.05, 0) is 37.8 Å². The Kier molecular flexibility index (Phi) is 5.03. The molecule has 1 rings (SSSR count). The SMILES string of the molecule is CCCCC(O[C]=O)c1ccc(C)cc1C. The lowest BCUT2D eigenvalue weighted by atomic mass is 9.97. The van der Waals surface area contributed by atoms with Crippen LogP contribution >= 0.6 is 0 Å². The lowest BCUT2D eigenvalue weighted by molar-refractivity contribution is 0.166. The van der Waals surface area contributed by atoms with Gasteiger partial charge in [-0.1, -0.05) is 37.1 Å². The van der Waals surface area contributed by atoms with Crippen LogP contribution in [0.15, 0.2) is 18.2 Å². The predicted molar refractivity (Wildman–Crippen MR) is 65.0 cm³/mol. The molecule has 2 heteroatoms. The Morgan fingerprint density at radius 2 is 2.12 bits per heavy atom. The van der Waals surface area contributed by atoms with E-state index in [0.29, 0.717) is 0 Å². The summed E-state index contributed by atoms with van der Waals surface area (Å²) in [6, 6.07) is 6.21. The molecular weight excluding hydrogens is 200 g/mol. The molecule has 0 N–H and O–H groups in total. The topological polar surface area (TPSA) is 26.3 Å². The average Bonchev–Trinajstić information content (AvgIpc) is 2.25. The number of carbonyl (C=O) groups excluding carboxylic acids is 1. The molecule has 0 fully saturated rings. The summed E-state index contributed by atoms with van der Waals surface area (Å²) in [5.41, 5.74) is 3.50. The van der Waals surface area contributed by atoms with E-state index >= 15 is 0 Å². The van der Waals surface area contributed by atoms with Gasteiger partial charge in [0.25, 0.3) is 0 Å². The molecule has 87 valence electrons. The minimum atomic E-state index is -0.141. The van der Waals surface area contributed by atoms with Gasteiger partial charge in [0.2, 0.25) is 0 Å². The average molecular weight is 219 g/mol. The van der Waals surface area contributed by atoms with Crippen molar-refractivity contribution in [3.63, 3.8) is 0 Å². The predicted octanol–water partition coefficient (Wildman–Crippen LogP) is 3.62. The number of benzene rings is 1. The molecule has 16 heavy (non-hydrogen) atoms. The zero-order chi connectivity index (χ0) is 12.0. The third kappa shape index (κ3) is 3.37. The Balaban J connectivity index is 2.86. The molecule has 1 aromatic carbocycles. The zero-order valence-electron chi connectivity index (χ0n) is 10.2. The number of rotatable bonds is 6. The van der Waals surface area contributed by atoms with E-state index in [2.05, 4.69) is 32.9 Å². The summed E-state index contributed by atoms with van der Waals surface area (Å²) >= 11 is 0. The van der Waals surface area contributed by atoms with Crippen molar-refractivity contribution in [2.45, 2.75) is 46.1 Å². The van der Waals surface area contributed by atoms with Gasteiger partial charge >= 0.3 is 6.47 Å². The van der Waals surface area contributed by atoms with Gasteiger partial charge in [0.05, 0.1) is 0 Å². The first kappa shape index (κ1) is 12.8. The van der Waals surface area contributed by atoms with E-state index in [-0.39, 0.29) is 6.10 Å². The van der Waals surface area contributed by atoms with Crippen molar-refractivity contribution in [2.75, 3.05) is 0 Å². The van der Waals surface area contributed by atoms with E-state index in [1.807, 2.05) is 6.07 Å². The molecular formula is C14H19O2. The molecule has 1 unspecified atom stereocenters. The number of hydrogen-bond donors (Lipinski definition) is 0. The highest BCUT2D eigenvalue weighted by Gasteiger charge is 2.14. The number of unbranched alkanes of at least 4 members (excludes halogenated alkanes) is 1. The number of ether oxygens (including phenoxy) is 1. The molecule has 0 aliphatic carbocycles. The number of aryl methyl sites for hydroxylation is 2. The summed E-state index contributed by atoms with van der Waals surface area (Å²) in [5.74, 6) is 0. The summed E-state index contributed by atoms with van der Waals surface area (Å²) in [6.45, 7) is 7.81. The van der Waals surface area contributed by atoms with Gasteiger partial charge in [-0.25, -0.2) is 4.79 Å². The van der Waals surface area contributed by atoms with E-state index in [9.17, 15) is 4.79 Å². The lowest BCUT2D eigenvalue weighted by Gasteiger charge is -2.17. The fourth-order valence-electron chi connectivity index (χ4n) is 1.91. The molecule has 1 radical (unpaired) electrons. The smallest absolute Gasteiger partial charge is 0.418 e. The molecule has 0 aliphatic heterocycles. The minimum Gasteiger partial charge on any atom is -0.449 e. The molecule has 0 amide bonds. The second-order valence-corrected chi connectivity index (χ2v) is 4.19. The van der Waals surface area contributed by atoms with Crippen LogP contribution in [0.1, 0.15) is 49.0 Å². The van der Waals surface area contributed by atoms with E-state index in [4.69, 9.17) is 4.74 Å². The molecule has 0 aliphatic rings. The number of hydrogen-bond acceptors (Lipinski definition) is 2. The van der Waals surface area contributed by atoms with Crippen LogP contribution in [-0.4, -0.2) is 6.47 Å². The van der Waals surface area contributed by atoms with Gasteiger partial charge in [-0.15, -0.1) is 0 Å². The van der Waals surface area contributed by atoms with Crippen LogP contribution < -0.4 is 0 Å². The van der Waals surface area contributed by atoms with Gasteiger partial charge in [0.15, 0.2) is 0 Å². The highest BCUT2D eigenvalue weighted by Crippen LogP contribution is 2.26. The maximum atomic E-state index is 10.4. The second kappa shape index (κ2) is 6.31. The Morgan fingerprint density at radius 1 is 1.38 bits per heavy atom. The summed E-state index contributed by atoms with van der Waals surface area (Å²) in [5, 5.41) is 0. The molecule has 1 aromatic rings. The fraction of sp³-hybridized carbons (Fsp3) is 0.500. The van der Waals surface area contributed by atoms with Crippen molar-refractivity contribution >= 4 is 6.47 Å². The van der Waals surface area contributed by atoms with E-state index in [0.717, 1.165) is 24.8 Å². The van der Waals surface area contributed by atoms with E-state index in [1.54, 1.807) is 6.47 Å². The first-order valence-corrected chi connectivity index (χ1v) is 5.79. The van der Waals surface area contributed by atoms with Crippen molar-refractivity contribution in [3.8, 4) is 0 Å². The molecule has 1 atom stereocenters. The first-order chi connectivity index (χ1) is 7.69. The van der Waals surface area contributed by atoms with Crippen molar-refractivity contribution in [3.05, 3.63) is 34.9 Å². The third-order valence-corrected chi connectivity index (χ3v) is 2.78. The highest BCUT2D eigenvalue weighted by atomic mass is 16.5. The fourth-order valence-corrected chi connectivity index (χ4v) is 1.91. The lowest BCUT2D eigenvalue weighted by Crippen LogP contribution is -2.05. The molecule has 2 nitrogen and oxygen atoms in total. The van der Waals surface area contributed by atoms with Gasteiger partial charge in [0.1, 0.15) is 6.10 Å². The van der Waals surface area contributed by atoms with Crippen LogP contribution in [-0.2, 0) is 9.53 Å². The Bertz CT molecular complexity index is 345. The molecule has 0 spiro atoms. The van der Waals surface area contributed by atoms with Crippen LogP contribution in [0.25, 0.3) is 0 Å². The Morgan fingerprint density at radius 3 is 2.69 bits per heavy atom. The third-order valence-electron chi connectivity index (χ3n) is 2.78. The summed E-state index contributed by atoms with van der Waals surface area (Å²) in [4.78, 5) is 10.4. The largest absolute Gasteiger partial charge is 0.449 e. The van der Waals surface area contributed by atoms with Crippen molar-refractivity contribution in [1.82, 2.24) is 0 Å². The van der Waals surface area contributed by atoms with Crippen molar-refractivity contribution < 1.29 is 9.53 Å². The van der Waals surface area contributed by atoms with E-state index < -0.39 is 0 Å². The summed E-state index contributed by atoms with van der Waals surface area (Å²) in [7, 11) is 0. The highest BCUT2D eigenvalue weighted by molar-refractivity contribution is 5.41. The molecule has 0 saturated heterocycles. The molecule has 0 bridgehead atoms. The maximum absolute atomic E-state index is 10.4. The van der Waals surface area contributed by atoms with Gasteiger partial charge < -0.3 is 4.74 Å². The minimum absolute atomic E-state index is 0.141. The second-order valence-electron chi connectivity index (χ2n) is 4.19. The van der Waals surface area contributed by atoms with Gasteiger partial charge in [-0.3, -0.25) is 0 Å². The van der Waals surface area contributed by atoms with Gasteiger partial charge in [0, 0.05) is 0 Å². The quantitative estimate of drug-likeness (QED) is 0.730. The van der Waals surface area contributed by atoms with Crippen LogP contribution in [0.4, 0.5) is 0 Å². The monoisotopic (exact) mass is 219 g/mol. The van der Waals surface area contributed by atoms with Crippen molar-refractivity contribution in [1.29, 1.82) is 0 Å². The van der Waals surface area contributed by atoms with Crippen LogP contribution in [0.3, 0.4) is 0 Å². The van der Waals surface area contributed by atoms with Crippen LogP contribution in [0, 0.1) is 13.8 Å².